The van der Waals surface area contributed by atoms with Gasteiger partial charge in [0.05, 0.1) is 11.3 Å². The number of carboxylic acid groups (broad SMARTS) is 1. The molecule has 0 radical (unpaired) electrons. The van der Waals surface area contributed by atoms with E-state index in [0.717, 1.165) is 11.3 Å². The maximum atomic E-state index is 12.1. The molecule has 2 heterocycles. The number of aliphatic carboxylic acids is 1. The van der Waals surface area contributed by atoms with Gasteiger partial charge in [-0.2, -0.15) is 0 Å². The molecule has 2 aromatic heterocycles. The molecule has 0 aliphatic rings. The molecule has 0 aromatic carbocycles. The first kappa shape index (κ1) is 16.2. The molecule has 22 heavy (non-hydrogen) atoms. The van der Waals surface area contributed by atoms with Crippen LogP contribution in [0.3, 0.4) is 0 Å². The minimum atomic E-state index is -0.989. The molecule has 2 rings (SSSR count). The number of nitrogens with zero attached hydrogens (tertiary/aromatic N) is 1. The van der Waals surface area contributed by atoms with E-state index in [1.165, 1.54) is 0 Å². The van der Waals surface area contributed by atoms with Gasteiger partial charge in [-0.05, 0) is 12.5 Å². The molecule has 1 amide bonds. The highest BCUT2D eigenvalue weighted by Crippen LogP contribution is 2.28. The monoisotopic (exact) mass is 324 g/mol. The Bertz CT molecular complexity index is 790. The molecule has 0 bridgehead atoms. The third kappa shape index (κ3) is 3.16. The average molecular weight is 324 g/mol. The largest absolute Gasteiger partial charge is 0.481 e. The summed E-state index contributed by atoms with van der Waals surface area (Å²) in [4.78, 5) is 39.7. The van der Waals surface area contributed by atoms with E-state index in [2.05, 4.69) is 10.3 Å². The van der Waals surface area contributed by atoms with E-state index in [1.807, 2.05) is 13.8 Å². The van der Waals surface area contributed by atoms with Crippen LogP contribution < -0.4 is 10.9 Å². The quantitative estimate of drug-likeness (QED) is 0.869. The molecule has 0 aliphatic heterocycles. The number of rotatable bonds is 5. The number of carboxylic acids is 1. The second-order valence-corrected chi connectivity index (χ2v) is 6.13. The lowest BCUT2D eigenvalue weighted by molar-refractivity contribution is -0.136. The van der Waals surface area contributed by atoms with Gasteiger partial charge in [-0.1, -0.05) is 13.8 Å². The normalized spacial score (nSPS) is 11.1. The van der Waals surface area contributed by atoms with Crippen LogP contribution in [0.1, 0.15) is 47.3 Å². The summed E-state index contributed by atoms with van der Waals surface area (Å²) in [6.45, 7) is 5.40. The Morgan fingerprint density at radius 3 is 2.68 bits per heavy atom. The fraction of sp³-hybridized carbons (Fsp3) is 0.429. The van der Waals surface area contributed by atoms with E-state index in [-0.39, 0.29) is 18.9 Å². The third-order valence-corrected chi connectivity index (χ3v) is 4.25. The number of hydrogen-bond acceptors (Lipinski definition) is 6. The van der Waals surface area contributed by atoms with E-state index < -0.39 is 17.5 Å². The van der Waals surface area contributed by atoms with E-state index in [0.29, 0.717) is 26.5 Å². The maximum absolute atomic E-state index is 12.1. The van der Waals surface area contributed by atoms with Crippen LogP contribution in [-0.4, -0.2) is 28.5 Å². The zero-order valence-electron chi connectivity index (χ0n) is 12.4. The van der Waals surface area contributed by atoms with Gasteiger partial charge in [0, 0.05) is 12.5 Å². The highest BCUT2D eigenvalue weighted by Gasteiger charge is 2.20. The van der Waals surface area contributed by atoms with Crippen molar-refractivity contribution in [2.75, 3.05) is 6.54 Å². The smallest absolute Gasteiger partial charge is 0.348 e. The van der Waals surface area contributed by atoms with Crippen LogP contribution in [0.4, 0.5) is 0 Å². The van der Waals surface area contributed by atoms with E-state index in [1.54, 1.807) is 6.92 Å². The lowest BCUT2D eigenvalue weighted by Gasteiger charge is -2.01. The van der Waals surface area contributed by atoms with Crippen LogP contribution in [-0.2, 0) is 4.79 Å². The highest BCUT2D eigenvalue weighted by atomic mass is 32.1. The van der Waals surface area contributed by atoms with Gasteiger partial charge in [0.2, 0.25) is 5.89 Å². The van der Waals surface area contributed by atoms with Crippen molar-refractivity contribution in [2.45, 2.75) is 33.1 Å². The van der Waals surface area contributed by atoms with Gasteiger partial charge in [-0.15, -0.1) is 11.3 Å². The third-order valence-electron chi connectivity index (χ3n) is 3.07. The van der Waals surface area contributed by atoms with Crippen molar-refractivity contribution in [2.24, 2.45) is 0 Å². The number of carbonyl (C=O) groups is 2. The number of thiophene rings is 1. The summed E-state index contributed by atoms with van der Waals surface area (Å²) in [6, 6.07) is 0. The summed E-state index contributed by atoms with van der Waals surface area (Å²) >= 11 is 1.11. The summed E-state index contributed by atoms with van der Waals surface area (Å²) < 4.78 is 5.17. The first-order valence-electron chi connectivity index (χ1n) is 6.75. The van der Waals surface area contributed by atoms with Crippen molar-refractivity contribution in [3.63, 3.8) is 0 Å². The molecule has 0 aliphatic carbocycles. The van der Waals surface area contributed by atoms with Crippen LogP contribution in [0.15, 0.2) is 9.21 Å². The summed E-state index contributed by atoms with van der Waals surface area (Å²) in [6.07, 6.45) is -0.159. The van der Waals surface area contributed by atoms with E-state index in [4.69, 9.17) is 9.52 Å². The summed E-state index contributed by atoms with van der Waals surface area (Å²) in [5, 5.41) is 11.4. The van der Waals surface area contributed by atoms with Gasteiger partial charge < -0.3 is 14.8 Å². The second-order valence-electron chi connectivity index (χ2n) is 5.13. The molecule has 0 fully saturated rings. The second kappa shape index (κ2) is 6.27. The predicted molar refractivity (Wildman–Crippen MR) is 81.6 cm³/mol. The number of amides is 1. The van der Waals surface area contributed by atoms with Crippen molar-refractivity contribution >= 4 is 33.4 Å². The zero-order chi connectivity index (χ0) is 16.4. The first-order valence-corrected chi connectivity index (χ1v) is 7.57. The maximum Gasteiger partial charge on any atom is 0.348 e. The van der Waals surface area contributed by atoms with Gasteiger partial charge in [-0.25, -0.2) is 9.78 Å². The molecule has 7 nitrogen and oxygen atoms in total. The number of fused-ring (bicyclic) bond motifs is 1. The van der Waals surface area contributed by atoms with Gasteiger partial charge in [0.15, 0.2) is 0 Å². The zero-order valence-corrected chi connectivity index (χ0v) is 13.2. The molecular formula is C14H16N2O5S. The lowest BCUT2D eigenvalue weighted by Crippen LogP contribution is -2.25. The Labute approximate surface area is 130 Å². The Morgan fingerprint density at radius 1 is 1.41 bits per heavy atom. The molecule has 118 valence electrons. The minimum Gasteiger partial charge on any atom is -0.481 e. The van der Waals surface area contributed by atoms with Gasteiger partial charge in [-0.3, -0.25) is 9.59 Å². The fourth-order valence-corrected chi connectivity index (χ4v) is 3.00. The van der Waals surface area contributed by atoms with Gasteiger partial charge in [0.25, 0.3) is 5.91 Å². The number of aromatic nitrogens is 1. The summed E-state index contributed by atoms with van der Waals surface area (Å²) in [7, 11) is 0. The Morgan fingerprint density at radius 2 is 2.09 bits per heavy atom. The number of nitrogens with one attached hydrogen (secondary N) is 1. The molecule has 0 saturated carbocycles. The fourth-order valence-electron chi connectivity index (χ4n) is 1.91. The molecule has 2 aromatic rings. The molecule has 0 saturated heterocycles. The van der Waals surface area contributed by atoms with Crippen LogP contribution in [0.2, 0.25) is 0 Å². The molecule has 8 heteroatoms. The van der Waals surface area contributed by atoms with Crippen molar-refractivity contribution < 1.29 is 19.1 Å². The number of aryl methyl sites for hydroxylation is 1. The molecular weight excluding hydrogens is 308 g/mol. The number of hydrogen-bond donors (Lipinski definition) is 2. The van der Waals surface area contributed by atoms with Crippen molar-refractivity contribution in [3.8, 4) is 0 Å². The Hall–Kier alpha value is -2.22. The van der Waals surface area contributed by atoms with Crippen molar-refractivity contribution in [3.05, 3.63) is 26.8 Å². The highest BCUT2D eigenvalue weighted by molar-refractivity contribution is 7.20. The van der Waals surface area contributed by atoms with Crippen LogP contribution in [0, 0.1) is 6.92 Å². The standard InChI is InChI=1S/C14H16N2O5S/c1-6(2)12-16-13-9(14(20)21-12)7(3)10(22-13)11(19)15-5-4-8(17)18/h6H,4-5H2,1-3H3,(H,15,19)(H,17,18). The molecule has 2 N–H and O–H groups in total. The van der Waals surface area contributed by atoms with E-state index >= 15 is 0 Å². The molecule has 0 spiro atoms. The molecule has 0 unspecified atom stereocenters. The van der Waals surface area contributed by atoms with Crippen LogP contribution in [0.5, 0.6) is 0 Å². The SMILES string of the molecule is Cc1c(C(=O)NCCC(=O)O)sc2nc(C(C)C)oc(=O)c12. The van der Waals surface area contributed by atoms with Crippen molar-refractivity contribution in [1.82, 2.24) is 10.3 Å². The lowest BCUT2D eigenvalue weighted by atomic mass is 10.2. The summed E-state index contributed by atoms with van der Waals surface area (Å²) in [5.74, 6) is -1.10. The van der Waals surface area contributed by atoms with Crippen molar-refractivity contribution in [1.29, 1.82) is 0 Å². The van der Waals surface area contributed by atoms with E-state index in [9.17, 15) is 14.4 Å². The van der Waals surface area contributed by atoms with Gasteiger partial charge in [0.1, 0.15) is 10.2 Å². The minimum absolute atomic E-state index is 0.0289. The molecule has 0 atom stereocenters. The van der Waals surface area contributed by atoms with Crippen LogP contribution >= 0.6 is 11.3 Å². The predicted octanol–water partition coefficient (Wildman–Crippen LogP) is 1.89. The Kier molecular flexibility index (Phi) is 4.60. The first-order chi connectivity index (χ1) is 10.3. The number of carbonyl (C=O) groups excluding carboxylic acids is 1. The average Bonchev–Trinajstić information content (AvgIpc) is 2.75. The van der Waals surface area contributed by atoms with Gasteiger partial charge >= 0.3 is 11.6 Å². The van der Waals surface area contributed by atoms with Crippen LogP contribution in [0.25, 0.3) is 10.2 Å². The summed E-state index contributed by atoms with van der Waals surface area (Å²) in [5.41, 5.74) is -0.00332. The topological polar surface area (TPSA) is 110 Å². The Balaban J connectivity index is 2.38.